The quantitative estimate of drug-likeness (QED) is 0.676. The zero-order valence-electron chi connectivity index (χ0n) is 15.3. The summed E-state index contributed by atoms with van der Waals surface area (Å²) in [6.45, 7) is 1.82. The highest BCUT2D eigenvalue weighted by Gasteiger charge is 2.52. The Kier molecular flexibility index (Phi) is 6.26. The summed E-state index contributed by atoms with van der Waals surface area (Å²) in [5.41, 5.74) is 2.93. The Hall–Kier alpha value is -2.51. The number of benzene rings is 2. The van der Waals surface area contributed by atoms with Crippen molar-refractivity contribution in [1.29, 1.82) is 0 Å². The molecule has 1 aliphatic heterocycles. The van der Waals surface area contributed by atoms with E-state index in [0.717, 1.165) is 10.6 Å². The number of nitrogens with one attached hydrogen (secondary N) is 2. The number of carbonyl (C=O) groups excluding carboxylic acids is 3. The maximum atomic E-state index is 12.9. The third kappa shape index (κ3) is 4.15. The second-order valence-corrected chi connectivity index (χ2v) is 7.78. The topological polar surface area (TPSA) is 78.5 Å². The van der Waals surface area contributed by atoms with Crippen LogP contribution < -0.4 is 10.7 Å². The molecule has 1 atom stereocenters. The van der Waals surface area contributed by atoms with Crippen LogP contribution in [0.4, 0.5) is 4.79 Å². The van der Waals surface area contributed by atoms with Crippen LogP contribution in [-0.4, -0.2) is 28.6 Å². The maximum absolute atomic E-state index is 12.9. The second kappa shape index (κ2) is 8.67. The van der Waals surface area contributed by atoms with Crippen molar-refractivity contribution in [2.75, 3.05) is 5.75 Å². The van der Waals surface area contributed by atoms with Gasteiger partial charge in [0.15, 0.2) is 0 Å². The van der Waals surface area contributed by atoms with E-state index in [4.69, 9.17) is 11.6 Å². The Bertz CT molecular complexity index is 893. The van der Waals surface area contributed by atoms with Crippen LogP contribution in [0.25, 0.3) is 0 Å². The first-order valence-electron chi connectivity index (χ1n) is 8.80. The molecule has 4 amide bonds. The number of thioether (sulfide) groups is 1. The zero-order chi connectivity index (χ0) is 20.1. The first-order valence-corrected chi connectivity index (χ1v) is 10.3. The lowest BCUT2D eigenvalue weighted by molar-refractivity contribution is -0.138. The highest BCUT2D eigenvalue weighted by atomic mass is 35.5. The molecule has 0 spiro atoms. The standard InChI is InChI=1S/C20H20ClN3O3S/c1-2-20(15-8-4-3-5-9-15)18(26)24(19(27)22-20)23-17(25)13-28-12-14-7-6-10-16(21)11-14/h3-11H,2,12-13H2,1H3,(H,22,27)(H,23,25)/t20-/m1/s1. The third-order valence-electron chi connectivity index (χ3n) is 4.52. The molecule has 1 heterocycles. The molecule has 3 rings (SSSR count). The van der Waals surface area contributed by atoms with Gasteiger partial charge in [-0.2, -0.15) is 5.01 Å². The van der Waals surface area contributed by atoms with Crippen molar-refractivity contribution in [1.82, 2.24) is 15.8 Å². The third-order valence-corrected chi connectivity index (χ3v) is 5.75. The van der Waals surface area contributed by atoms with E-state index in [1.54, 1.807) is 30.3 Å². The van der Waals surface area contributed by atoms with Crippen molar-refractivity contribution >= 4 is 41.2 Å². The first-order chi connectivity index (χ1) is 13.5. The van der Waals surface area contributed by atoms with Crippen molar-refractivity contribution in [3.63, 3.8) is 0 Å². The molecule has 0 unspecified atom stereocenters. The van der Waals surface area contributed by atoms with Gasteiger partial charge in [-0.05, 0) is 29.7 Å². The largest absolute Gasteiger partial charge is 0.344 e. The normalized spacial score (nSPS) is 18.9. The fourth-order valence-corrected chi connectivity index (χ4v) is 4.06. The van der Waals surface area contributed by atoms with Crippen LogP contribution in [-0.2, 0) is 20.9 Å². The van der Waals surface area contributed by atoms with Crippen molar-refractivity contribution in [3.05, 3.63) is 70.7 Å². The van der Waals surface area contributed by atoms with Gasteiger partial charge >= 0.3 is 6.03 Å². The molecular formula is C20H20ClN3O3S. The fourth-order valence-electron chi connectivity index (χ4n) is 3.08. The van der Waals surface area contributed by atoms with Crippen LogP contribution in [0.3, 0.4) is 0 Å². The van der Waals surface area contributed by atoms with Gasteiger partial charge in [0.25, 0.3) is 5.91 Å². The minimum Gasteiger partial charge on any atom is -0.318 e. The summed E-state index contributed by atoms with van der Waals surface area (Å²) in [4.78, 5) is 37.6. The fraction of sp³-hybridized carbons (Fsp3) is 0.250. The van der Waals surface area contributed by atoms with E-state index >= 15 is 0 Å². The predicted molar refractivity (Wildman–Crippen MR) is 110 cm³/mol. The molecule has 6 nitrogen and oxygen atoms in total. The van der Waals surface area contributed by atoms with E-state index in [9.17, 15) is 14.4 Å². The summed E-state index contributed by atoms with van der Waals surface area (Å²) in [6.07, 6.45) is 0.372. The molecule has 1 aliphatic rings. The van der Waals surface area contributed by atoms with E-state index in [1.807, 2.05) is 31.2 Å². The number of hydrogen-bond acceptors (Lipinski definition) is 4. The molecule has 8 heteroatoms. The number of halogens is 1. The van der Waals surface area contributed by atoms with Gasteiger partial charge in [-0.15, -0.1) is 11.8 Å². The van der Waals surface area contributed by atoms with E-state index in [-0.39, 0.29) is 5.75 Å². The summed E-state index contributed by atoms with van der Waals surface area (Å²) in [6, 6.07) is 15.8. The molecule has 2 aromatic carbocycles. The highest BCUT2D eigenvalue weighted by Crippen LogP contribution is 2.31. The zero-order valence-corrected chi connectivity index (χ0v) is 16.8. The van der Waals surface area contributed by atoms with E-state index in [2.05, 4.69) is 10.7 Å². The molecule has 146 valence electrons. The van der Waals surface area contributed by atoms with Crippen LogP contribution in [0.2, 0.25) is 5.02 Å². The van der Waals surface area contributed by atoms with Crippen LogP contribution in [0.1, 0.15) is 24.5 Å². The average molecular weight is 418 g/mol. The van der Waals surface area contributed by atoms with E-state index < -0.39 is 23.4 Å². The van der Waals surface area contributed by atoms with Crippen LogP contribution in [0, 0.1) is 0 Å². The summed E-state index contributed by atoms with van der Waals surface area (Å²) < 4.78 is 0. The Morgan fingerprint density at radius 1 is 1.18 bits per heavy atom. The molecule has 0 saturated carbocycles. The molecule has 1 fully saturated rings. The molecule has 0 aliphatic carbocycles. The van der Waals surface area contributed by atoms with Gasteiger partial charge in [-0.25, -0.2) is 4.79 Å². The van der Waals surface area contributed by atoms with Gasteiger partial charge in [-0.1, -0.05) is 61.0 Å². The van der Waals surface area contributed by atoms with Gasteiger partial charge in [0.05, 0.1) is 5.75 Å². The molecule has 0 bridgehead atoms. The lowest BCUT2D eigenvalue weighted by Crippen LogP contribution is -2.49. The number of rotatable bonds is 7. The van der Waals surface area contributed by atoms with E-state index in [1.165, 1.54) is 11.8 Å². The van der Waals surface area contributed by atoms with Crippen LogP contribution >= 0.6 is 23.4 Å². The molecule has 2 aromatic rings. The molecular weight excluding hydrogens is 398 g/mol. The lowest BCUT2D eigenvalue weighted by atomic mass is 9.87. The minimum atomic E-state index is -1.17. The van der Waals surface area contributed by atoms with E-state index in [0.29, 0.717) is 22.8 Å². The molecule has 1 saturated heterocycles. The van der Waals surface area contributed by atoms with Crippen molar-refractivity contribution in [2.24, 2.45) is 0 Å². The first kappa shape index (κ1) is 20.2. The highest BCUT2D eigenvalue weighted by molar-refractivity contribution is 7.99. The van der Waals surface area contributed by atoms with Crippen LogP contribution in [0.15, 0.2) is 54.6 Å². The van der Waals surface area contributed by atoms with Gasteiger partial charge < -0.3 is 5.32 Å². The summed E-state index contributed by atoms with van der Waals surface area (Å²) in [7, 11) is 0. The number of hydrogen-bond donors (Lipinski definition) is 2. The minimum absolute atomic E-state index is 0.105. The number of urea groups is 1. The van der Waals surface area contributed by atoms with Gasteiger partial charge in [0.2, 0.25) is 5.91 Å². The number of nitrogens with zero attached hydrogens (tertiary/aromatic N) is 1. The lowest BCUT2D eigenvalue weighted by Gasteiger charge is -2.25. The second-order valence-electron chi connectivity index (χ2n) is 6.35. The SMILES string of the molecule is CC[C@]1(c2ccccc2)NC(=O)N(NC(=O)CSCc2cccc(Cl)c2)C1=O. The molecule has 2 N–H and O–H groups in total. The monoisotopic (exact) mass is 417 g/mol. The number of hydrazine groups is 1. The predicted octanol–water partition coefficient (Wildman–Crippen LogP) is 3.46. The maximum Gasteiger partial charge on any atom is 0.344 e. The van der Waals surface area contributed by atoms with Crippen molar-refractivity contribution in [3.8, 4) is 0 Å². The number of imide groups is 1. The Morgan fingerprint density at radius 2 is 1.93 bits per heavy atom. The Labute approximate surface area is 172 Å². The summed E-state index contributed by atoms with van der Waals surface area (Å²) in [5, 5.41) is 4.14. The van der Waals surface area contributed by atoms with Gasteiger partial charge in [0.1, 0.15) is 5.54 Å². The average Bonchev–Trinajstić information content (AvgIpc) is 2.94. The smallest absolute Gasteiger partial charge is 0.318 e. The van der Waals surface area contributed by atoms with Gasteiger partial charge in [0, 0.05) is 10.8 Å². The number of amides is 4. The molecule has 28 heavy (non-hydrogen) atoms. The Morgan fingerprint density at radius 3 is 2.61 bits per heavy atom. The Balaban J connectivity index is 1.61. The number of carbonyl (C=O) groups is 3. The van der Waals surface area contributed by atoms with Crippen molar-refractivity contribution in [2.45, 2.75) is 24.6 Å². The van der Waals surface area contributed by atoms with Crippen molar-refractivity contribution < 1.29 is 14.4 Å². The molecule has 0 radical (unpaired) electrons. The summed E-state index contributed by atoms with van der Waals surface area (Å²) in [5.74, 6) is -0.208. The van der Waals surface area contributed by atoms with Gasteiger partial charge in [-0.3, -0.25) is 15.0 Å². The summed E-state index contributed by atoms with van der Waals surface area (Å²) >= 11 is 7.32. The molecule has 0 aromatic heterocycles. The van der Waals surface area contributed by atoms with Crippen LogP contribution in [0.5, 0.6) is 0 Å².